The molecule has 0 bridgehead atoms. The Morgan fingerprint density at radius 1 is 1.07 bits per heavy atom. The Morgan fingerprint density at radius 3 is 2.46 bits per heavy atom. The fraction of sp³-hybridized carbons (Fsp3) is 0.318. The maximum Gasteiger partial charge on any atom is 0.225 e. The number of fused-ring (bicyclic) bond motifs is 1. The number of amides is 1. The number of rotatable bonds is 7. The van der Waals surface area contributed by atoms with Crippen LogP contribution in [-0.4, -0.2) is 24.6 Å². The summed E-state index contributed by atoms with van der Waals surface area (Å²) in [6.45, 7) is 7.18. The van der Waals surface area contributed by atoms with E-state index in [0.29, 0.717) is 11.6 Å². The molecule has 1 heterocycles. The molecule has 148 valence electrons. The van der Waals surface area contributed by atoms with Gasteiger partial charge in [0.15, 0.2) is 9.84 Å². The molecule has 0 spiro atoms. The SMILES string of the molecule is Cc1ccc(S(=O)(=O)CCC(=O)Nc2ccc3c(ccn3CC(C)C)c2)cc1. The van der Waals surface area contributed by atoms with Crippen LogP contribution in [0.3, 0.4) is 0 Å². The minimum absolute atomic E-state index is 0.0807. The van der Waals surface area contributed by atoms with Crippen molar-refractivity contribution >= 4 is 32.3 Å². The van der Waals surface area contributed by atoms with Gasteiger partial charge < -0.3 is 9.88 Å². The fourth-order valence-corrected chi connectivity index (χ4v) is 4.39. The highest BCUT2D eigenvalue weighted by Crippen LogP contribution is 2.22. The zero-order valence-corrected chi connectivity index (χ0v) is 17.3. The number of carbonyl (C=O) groups is 1. The second kappa shape index (κ2) is 8.19. The van der Waals surface area contributed by atoms with Gasteiger partial charge in [0.05, 0.1) is 10.6 Å². The van der Waals surface area contributed by atoms with E-state index < -0.39 is 9.84 Å². The van der Waals surface area contributed by atoms with Crippen molar-refractivity contribution in [2.24, 2.45) is 5.92 Å². The van der Waals surface area contributed by atoms with Crippen molar-refractivity contribution in [1.82, 2.24) is 4.57 Å². The van der Waals surface area contributed by atoms with E-state index in [9.17, 15) is 13.2 Å². The normalized spacial score (nSPS) is 11.9. The summed E-state index contributed by atoms with van der Waals surface area (Å²) in [5, 5.41) is 3.85. The summed E-state index contributed by atoms with van der Waals surface area (Å²) in [7, 11) is -3.47. The number of hydrogen-bond acceptors (Lipinski definition) is 3. The molecule has 2 aromatic carbocycles. The molecule has 0 unspecified atom stereocenters. The topological polar surface area (TPSA) is 68.2 Å². The van der Waals surface area contributed by atoms with Crippen LogP contribution < -0.4 is 5.32 Å². The quantitative estimate of drug-likeness (QED) is 0.641. The molecule has 1 amide bonds. The number of aryl methyl sites for hydroxylation is 1. The van der Waals surface area contributed by atoms with Crippen molar-refractivity contribution in [3.63, 3.8) is 0 Å². The lowest BCUT2D eigenvalue weighted by Crippen LogP contribution is -2.17. The number of carbonyl (C=O) groups excluding carboxylic acids is 1. The van der Waals surface area contributed by atoms with Gasteiger partial charge in [0.1, 0.15) is 0 Å². The predicted octanol–water partition coefficient (Wildman–Crippen LogP) is 4.41. The number of hydrogen-bond donors (Lipinski definition) is 1. The molecule has 0 aliphatic carbocycles. The first-order valence-corrected chi connectivity index (χ1v) is 11.1. The monoisotopic (exact) mass is 398 g/mol. The summed E-state index contributed by atoms with van der Waals surface area (Å²) < 4.78 is 27.0. The lowest BCUT2D eigenvalue weighted by Gasteiger charge is -2.10. The van der Waals surface area contributed by atoms with Crippen LogP contribution in [0.1, 0.15) is 25.8 Å². The molecule has 0 radical (unpaired) electrons. The molecule has 3 aromatic rings. The fourth-order valence-electron chi connectivity index (χ4n) is 3.14. The molecule has 1 aromatic heterocycles. The maximum atomic E-state index is 12.4. The van der Waals surface area contributed by atoms with E-state index in [0.717, 1.165) is 23.0 Å². The van der Waals surface area contributed by atoms with E-state index in [4.69, 9.17) is 0 Å². The highest BCUT2D eigenvalue weighted by Gasteiger charge is 2.16. The summed E-state index contributed by atoms with van der Waals surface area (Å²) in [6.07, 6.45) is 1.97. The van der Waals surface area contributed by atoms with Gasteiger partial charge in [-0.3, -0.25) is 4.79 Å². The molecule has 0 saturated carbocycles. The average Bonchev–Trinajstić information content (AvgIpc) is 3.02. The number of sulfone groups is 1. The van der Waals surface area contributed by atoms with Gasteiger partial charge in [-0.05, 0) is 49.2 Å². The Kier molecular flexibility index (Phi) is 5.89. The Morgan fingerprint density at radius 2 is 1.79 bits per heavy atom. The number of nitrogens with zero attached hydrogens (tertiary/aromatic N) is 1. The van der Waals surface area contributed by atoms with Gasteiger partial charge in [-0.25, -0.2) is 8.42 Å². The second-order valence-electron chi connectivity index (χ2n) is 7.57. The molecular formula is C22H26N2O3S. The highest BCUT2D eigenvalue weighted by atomic mass is 32.2. The van der Waals surface area contributed by atoms with E-state index in [1.807, 2.05) is 37.4 Å². The van der Waals surface area contributed by atoms with Gasteiger partial charge in [0, 0.05) is 35.8 Å². The molecule has 5 nitrogen and oxygen atoms in total. The zero-order valence-electron chi connectivity index (χ0n) is 16.5. The standard InChI is InChI=1S/C22H26N2O3S/c1-16(2)15-24-12-10-18-14-19(6-9-21(18)24)23-22(25)11-13-28(26,27)20-7-4-17(3)5-8-20/h4-10,12,14,16H,11,13,15H2,1-3H3,(H,23,25). The van der Waals surface area contributed by atoms with Gasteiger partial charge >= 0.3 is 0 Å². The van der Waals surface area contributed by atoms with Gasteiger partial charge in [0.2, 0.25) is 5.91 Å². The first kappa shape index (κ1) is 20.1. The van der Waals surface area contributed by atoms with Crippen molar-refractivity contribution in [2.75, 3.05) is 11.1 Å². The van der Waals surface area contributed by atoms with Gasteiger partial charge in [-0.15, -0.1) is 0 Å². The first-order valence-electron chi connectivity index (χ1n) is 9.43. The summed E-state index contributed by atoms with van der Waals surface area (Å²) in [5.41, 5.74) is 2.79. The molecule has 0 atom stereocenters. The van der Waals surface area contributed by atoms with Crippen LogP contribution >= 0.6 is 0 Å². The second-order valence-corrected chi connectivity index (χ2v) is 9.67. The highest BCUT2D eigenvalue weighted by molar-refractivity contribution is 7.91. The van der Waals surface area contributed by atoms with Crippen molar-refractivity contribution < 1.29 is 13.2 Å². The van der Waals surface area contributed by atoms with Gasteiger partial charge in [-0.2, -0.15) is 0 Å². The number of benzene rings is 2. The summed E-state index contributed by atoms with van der Waals surface area (Å²) in [6, 6.07) is 14.5. The van der Waals surface area contributed by atoms with E-state index in [-0.39, 0.29) is 23.0 Å². The molecule has 0 aliphatic rings. The van der Waals surface area contributed by atoms with E-state index in [1.54, 1.807) is 24.3 Å². The Hall–Kier alpha value is -2.60. The van der Waals surface area contributed by atoms with Crippen LogP contribution in [0.2, 0.25) is 0 Å². The predicted molar refractivity (Wildman–Crippen MR) is 113 cm³/mol. The molecule has 3 rings (SSSR count). The van der Waals surface area contributed by atoms with Crippen LogP contribution in [0, 0.1) is 12.8 Å². The summed E-state index contributed by atoms with van der Waals surface area (Å²) in [4.78, 5) is 12.5. The zero-order chi connectivity index (χ0) is 20.3. The van der Waals surface area contributed by atoms with Crippen molar-refractivity contribution in [3.05, 3.63) is 60.3 Å². The minimum atomic E-state index is -3.47. The number of nitrogens with one attached hydrogen (secondary N) is 1. The molecule has 0 saturated heterocycles. The van der Waals surface area contributed by atoms with E-state index in [1.165, 1.54) is 0 Å². The molecule has 0 fully saturated rings. The minimum Gasteiger partial charge on any atom is -0.347 e. The Labute approximate surface area is 166 Å². The Balaban J connectivity index is 1.63. The summed E-state index contributed by atoms with van der Waals surface area (Å²) in [5.74, 6) is 0.0247. The van der Waals surface area contributed by atoms with E-state index in [2.05, 4.69) is 23.7 Å². The van der Waals surface area contributed by atoms with Crippen LogP contribution in [0.4, 0.5) is 5.69 Å². The third-order valence-electron chi connectivity index (χ3n) is 4.59. The smallest absolute Gasteiger partial charge is 0.225 e. The number of aromatic nitrogens is 1. The molecule has 1 N–H and O–H groups in total. The lowest BCUT2D eigenvalue weighted by atomic mass is 10.2. The van der Waals surface area contributed by atoms with Gasteiger partial charge in [-0.1, -0.05) is 31.5 Å². The number of anilines is 1. The molecule has 0 aliphatic heterocycles. The van der Waals surface area contributed by atoms with Crippen molar-refractivity contribution in [2.45, 2.75) is 38.6 Å². The van der Waals surface area contributed by atoms with Crippen LogP contribution in [0.25, 0.3) is 10.9 Å². The van der Waals surface area contributed by atoms with Gasteiger partial charge in [0.25, 0.3) is 0 Å². The van der Waals surface area contributed by atoms with Crippen LogP contribution in [-0.2, 0) is 21.2 Å². The van der Waals surface area contributed by atoms with E-state index >= 15 is 0 Å². The third kappa shape index (κ3) is 4.81. The van der Waals surface area contributed by atoms with Crippen molar-refractivity contribution in [1.29, 1.82) is 0 Å². The summed E-state index contributed by atoms with van der Waals surface area (Å²) >= 11 is 0. The largest absolute Gasteiger partial charge is 0.347 e. The lowest BCUT2D eigenvalue weighted by molar-refractivity contribution is -0.115. The van der Waals surface area contributed by atoms with Crippen molar-refractivity contribution in [3.8, 4) is 0 Å². The molecule has 6 heteroatoms. The van der Waals surface area contributed by atoms with Crippen LogP contribution in [0.15, 0.2) is 59.6 Å². The Bertz CT molecular complexity index is 1080. The maximum absolute atomic E-state index is 12.4. The first-order chi connectivity index (χ1) is 13.2. The molecule has 28 heavy (non-hydrogen) atoms. The van der Waals surface area contributed by atoms with Crippen LogP contribution in [0.5, 0.6) is 0 Å². The third-order valence-corrected chi connectivity index (χ3v) is 6.33. The molecular weight excluding hydrogens is 372 g/mol. The average molecular weight is 399 g/mol.